The molecule has 0 spiro atoms. The van der Waals surface area contributed by atoms with E-state index in [4.69, 9.17) is 23.2 Å². The molecule has 0 radical (unpaired) electrons. The molecule has 76 valence electrons. The van der Waals surface area contributed by atoms with Crippen molar-refractivity contribution in [3.63, 3.8) is 0 Å². The van der Waals surface area contributed by atoms with Crippen molar-refractivity contribution in [1.29, 1.82) is 0 Å². The topological polar surface area (TPSA) is 17.1 Å². The summed E-state index contributed by atoms with van der Waals surface area (Å²) in [6.45, 7) is 1.46. The van der Waals surface area contributed by atoms with E-state index in [9.17, 15) is 4.79 Å². The van der Waals surface area contributed by atoms with Gasteiger partial charge in [0, 0.05) is 10.8 Å². The van der Waals surface area contributed by atoms with Gasteiger partial charge < -0.3 is 0 Å². The van der Waals surface area contributed by atoms with Crippen molar-refractivity contribution in [2.75, 3.05) is 0 Å². The Morgan fingerprint density at radius 1 is 1.57 bits per heavy atom. The van der Waals surface area contributed by atoms with Crippen LogP contribution in [0.5, 0.6) is 0 Å². The van der Waals surface area contributed by atoms with Gasteiger partial charge in [0.15, 0.2) is 5.78 Å². The quantitative estimate of drug-likeness (QED) is 0.640. The molecule has 14 heavy (non-hydrogen) atoms. The van der Waals surface area contributed by atoms with E-state index in [1.54, 1.807) is 12.1 Å². The van der Waals surface area contributed by atoms with E-state index in [-0.39, 0.29) is 5.78 Å². The minimum Gasteiger partial charge on any atom is -0.298 e. The lowest BCUT2D eigenvalue weighted by molar-refractivity contribution is -0.116. The summed E-state index contributed by atoms with van der Waals surface area (Å²) in [7, 11) is 0. The highest BCUT2D eigenvalue weighted by Crippen LogP contribution is 2.26. The molecule has 0 saturated heterocycles. The molecule has 0 aliphatic heterocycles. The maximum atomic E-state index is 11.0. The van der Waals surface area contributed by atoms with Gasteiger partial charge in [0.05, 0.1) is 0 Å². The Kier molecular flexibility index (Phi) is 4.30. The van der Waals surface area contributed by atoms with E-state index in [0.717, 1.165) is 16.0 Å². The lowest BCUT2D eigenvalue weighted by Gasteiger charge is -2.08. The van der Waals surface area contributed by atoms with Crippen molar-refractivity contribution >= 4 is 41.6 Å². The van der Waals surface area contributed by atoms with Crippen molar-refractivity contribution < 1.29 is 4.79 Å². The molecule has 0 N–H and O–H groups in total. The number of Topliss-reactive ketones (excluding diaryl/α,β-unsaturated/α-hetero) is 1. The Balaban J connectivity index is 3.06. The van der Waals surface area contributed by atoms with Crippen LogP contribution < -0.4 is 0 Å². The molecule has 1 nitrogen and oxygen atoms in total. The van der Waals surface area contributed by atoms with Gasteiger partial charge in [-0.2, -0.15) is 0 Å². The summed E-state index contributed by atoms with van der Waals surface area (Å²) < 4.78 is 0. The van der Waals surface area contributed by atoms with E-state index in [1.165, 1.54) is 6.92 Å². The SMILES string of the molecule is CC(=O)C(Cl)c1ccc(S)c(CCl)c1. The highest BCUT2D eigenvalue weighted by molar-refractivity contribution is 7.80. The van der Waals surface area contributed by atoms with Crippen molar-refractivity contribution in [1.82, 2.24) is 0 Å². The molecule has 0 heterocycles. The number of alkyl halides is 2. The summed E-state index contributed by atoms with van der Waals surface area (Å²) in [4.78, 5) is 11.9. The van der Waals surface area contributed by atoms with E-state index in [2.05, 4.69) is 12.6 Å². The predicted molar refractivity (Wildman–Crippen MR) is 62.5 cm³/mol. The first-order valence-electron chi connectivity index (χ1n) is 4.08. The molecule has 1 aromatic rings. The Hall–Kier alpha value is -0.180. The lowest BCUT2D eigenvalue weighted by atomic mass is 10.1. The van der Waals surface area contributed by atoms with Crippen molar-refractivity contribution in [2.45, 2.75) is 23.1 Å². The number of ketones is 1. The molecule has 0 aliphatic carbocycles. The number of rotatable bonds is 3. The summed E-state index contributed by atoms with van der Waals surface area (Å²) >= 11 is 15.8. The van der Waals surface area contributed by atoms with Crippen LogP contribution in [0.4, 0.5) is 0 Å². The van der Waals surface area contributed by atoms with Gasteiger partial charge in [0.1, 0.15) is 5.38 Å². The van der Waals surface area contributed by atoms with Gasteiger partial charge in [-0.15, -0.1) is 35.8 Å². The van der Waals surface area contributed by atoms with Crippen molar-refractivity contribution in [2.24, 2.45) is 0 Å². The summed E-state index contributed by atoms with van der Waals surface area (Å²) in [6, 6.07) is 5.40. The minimum absolute atomic E-state index is 0.0703. The fraction of sp³-hybridized carbons (Fsp3) is 0.300. The highest BCUT2D eigenvalue weighted by Gasteiger charge is 2.13. The van der Waals surface area contributed by atoms with Crippen LogP contribution in [0, 0.1) is 0 Å². The van der Waals surface area contributed by atoms with Crippen LogP contribution in [0.2, 0.25) is 0 Å². The Bertz CT molecular complexity index is 352. The number of halogens is 2. The average molecular weight is 249 g/mol. The number of benzene rings is 1. The Labute approximate surface area is 98.8 Å². The molecule has 0 saturated carbocycles. The second kappa shape index (κ2) is 5.06. The summed E-state index contributed by atoms with van der Waals surface area (Å²) in [5.41, 5.74) is 1.66. The number of hydrogen-bond donors (Lipinski definition) is 1. The van der Waals surface area contributed by atoms with Gasteiger partial charge in [-0.3, -0.25) is 4.79 Å². The molecule has 1 unspecified atom stereocenters. The van der Waals surface area contributed by atoms with E-state index >= 15 is 0 Å². The van der Waals surface area contributed by atoms with Gasteiger partial charge in [-0.05, 0) is 24.1 Å². The molecule has 0 amide bonds. The molecule has 1 aromatic carbocycles. The highest BCUT2D eigenvalue weighted by atomic mass is 35.5. The van der Waals surface area contributed by atoms with Crippen LogP contribution in [-0.4, -0.2) is 5.78 Å². The largest absolute Gasteiger partial charge is 0.298 e. The third-order valence-corrected chi connectivity index (χ3v) is 3.18. The molecule has 0 aliphatic rings. The average Bonchev–Trinajstić information content (AvgIpc) is 2.17. The molecular formula is C10H10Cl2OS. The van der Waals surface area contributed by atoms with Gasteiger partial charge in [0.25, 0.3) is 0 Å². The summed E-state index contributed by atoms with van der Waals surface area (Å²) in [5.74, 6) is 0.299. The predicted octanol–water partition coefficient (Wildman–Crippen LogP) is 3.58. The number of thiol groups is 1. The van der Waals surface area contributed by atoms with E-state index < -0.39 is 5.38 Å². The zero-order chi connectivity index (χ0) is 10.7. The summed E-state index contributed by atoms with van der Waals surface area (Å²) in [5, 5.41) is -0.592. The normalized spacial score (nSPS) is 12.6. The number of carbonyl (C=O) groups excluding carboxylic acids is 1. The second-order valence-electron chi connectivity index (χ2n) is 2.99. The first-order valence-corrected chi connectivity index (χ1v) is 5.50. The third kappa shape index (κ3) is 2.66. The molecule has 1 atom stereocenters. The standard InChI is InChI=1S/C10H10Cl2OS/c1-6(13)10(12)7-2-3-9(14)8(4-7)5-11/h2-4,10,14H,5H2,1H3. The van der Waals surface area contributed by atoms with Crippen LogP contribution in [0.15, 0.2) is 23.1 Å². The Morgan fingerprint density at radius 2 is 2.21 bits per heavy atom. The van der Waals surface area contributed by atoms with Gasteiger partial charge in [0.2, 0.25) is 0 Å². The number of hydrogen-bond acceptors (Lipinski definition) is 2. The number of carbonyl (C=O) groups is 1. The third-order valence-electron chi connectivity index (χ3n) is 1.90. The maximum Gasteiger partial charge on any atom is 0.152 e. The summed E-state index contributed by atoms with van der Waals surface area (Å²) in [6.07, 6.45) is 0. The molecule has 4 heteroatoms. The van der Waals surface area contributed by atoms with Crippen LogP contribution >= 0.6 is 35.8 Å². The smallest absolute Gasteiger partial charge is 0.152 e. The van der Waals surface area contributed by atoms with E-state index in [0.29, 0.717) is 5.88 Å². The van der Waals surface area contributed by atoms with Crippen LogP contribution in [0.3, 0.4) is 0 Å². The van der Waals surface area contributed by atoms with Gasteiger partial charge in [-0.25, -0.2) is 0 Å². The Morgan fingerprint density at radius 3 is 2.71 bits per heavy atom. The fourth-order valence-corrected chi connectivity index (χ4v) is 1.77. The van der Waals surface area contributed by atoms with Crippen LogP contribution in [0.25, 0.3) is 0 Å². The first kappa shape index (κ1) is 11.9. The molecule has 0 bridgehead atoms. The van der Waals surface area contributed by atoms with Crippen LogP contribution in [-0.2, 0) is 10.7 Å². The van der Waals surface area contributed by atoms with Gasteiger partial charge in [-0.1, -0.05) is 12.1 Å². The lowest BCUT2D eigenvalue weighted by Crippen LogP contribution is -2.02. The first-order chi connectivity index (χ1) is 6.56. The minimum atomic E-state index is -0.592. The van der Waals surface area contributed by atoms with Crippen molar-refractivity contribution in [3.8, 4) is 0 Å². The molecular weight excluding hydrogens is 239 g/mol. The molecule has 0 aromatic heterocycles. The van der Waals surface area contributed by atoms with Crippen molar-refractivity contribution in [3.05, 3.63) is 29.3 Å². The van der Waals surface area contributed by atoms with E-state index in [1.807, 2.05) is 6.07 Å². The zero-order valence-electron chi connectivity index (χ0n) is 7.63. The monoisotopic (exact) mass is 248 g/mol. The van der Waals surface area contributed by atoms with Crippen LogP contribution in [0.1, 0.15) is 23.4 Å². The molecule has 1 rings (SSSR count). The van der Waals surface area contributed by atoms with Gasteiger partial charge >= 0.3 is 0 Å². The molecule has 0 fully saturated rings. The fourth-order valence-electron chi connectivity index (χ4n) is 1.10. The maximum absolute atomic E-state index is 11.0. The second-order valence-corrected chi connectivity index (χ2v) is 4.18. The zero-order valence-corrected chi connectivity index (χ0v) is 10.0.